The number of benzene rings is 2. The summed E-state index contributed by atoms with van der Waals surface area (Å²) >= 11 is 12.4. The maximum absolute atomic E-state index is 6.39. The number of halogens is 2. The highest BCUT2D eigenvalue weighted by molar-refractivity contribution is 6.35. The number of ether oxygens (including phenoxy) is 1. The van der Waals surface area contributed by atoms with Crippen molar-refractivity contribution in [1.29, 1.82) is 0 Å². The fourth-order valence-corrected chi connectivity index (χ4v) is 4.70. The SMILES string of the molecule is Clc1ccc(C[C@@H]2CONC(c3cc4ccnn4cc3Oc3cccc(C4CC4)c3)=N2)c(Cl)c1. The van der Waals surface area contributed by atoms with Gasteiger partial charge in [0.05, 0.1) is 29.9 Å². The standard InChI is InChI=1S/C26H22Cl2N4O2/c27-19-7-6-18(24(28)12-19)10-20-15-33-31-26(30-20)23-13-21-8-9-29-32(21)14-25(23)34-22-3-1-2-17(11-22)16-4-5-16/h1-3,6-9,11-14,16,20H,4-5,10,15H2,(H,30,31)/t20-/m1/s1. The Balaban J connectivity index is 1.34. The van der Waals surface area contributed by atoms with Crippen molar-refractivity contribution in [3.63, 3.8) is 0 Å². The first-order valence-corrected chi connectivity index (χ1v) is 12.0. The summed E-state index contributed by atoms with van der Waals surface area (Å²) in [6.45, 7) is 0.428. The number of hydrogen-bond acceptors (Lipinski definition) is 5. The van der Waals surface area contributed by atoms with Crippen LogP contribution in [0, 0.1) is 0 Å². The summed E-state index contributed by atoms with van der Waals surface area (Å²) in [4.78, 5) is 10.7. The topological polar surface area (TPSA) is 60.2 Å². The Labute approximate surface area is 207 Å². The van der Waals surface area contributed by atoms with Gasteiger partial charge in [0.15, 0.2) is 11.6 Å². The summed E-state index contributed by atoms with van der Waals surface area (Å²) < 4.78 is 8.16. The normalized spacial score (nSPS) is 17.9. The number of hydroxylamine groups is 1. The van der Waals surface area contributed by atoms with Crippen molar-refractivity contribution < 1.29 is 9.57 Å². The number of rotatable bonds is 6. The van der Waals surface area contributed by atoms with Crippen LogP contribution in [0.2, 0.25) is 10.0 Å². The van der Waals surface area contributed by atoms with E-state index in [0.29, 0.717) is 40.6 Å². The molecule has 0 spiro atoms. The highest BCUT2D eigenvalue weighted by Crippen LogP contribution is 2.41. The molecule has 1 saturated carbocycles. The van der Waals surface area contributed by atoms with Gasteiger partial charge in [0, 0.05) is 16.2 Å². The lowest BCUT2D eigenvalue weighted by Crippen LogP contribution is -2.36. The third-order valence-corrected chi connectivity index (χ3v) is 6.70. The van der Waals surface area contributed by atoms with Crippen LogP contribution in [0.25, 0.3) is 5.52 Å². The predicted octanol–water partition coefficient (Wildman–Crippen LogP) is 6.20. The highest BCUT2D eigenvalue weighted by atomic mass is 35.5. The minimum atomic E-state index is -0.109. The first kappa shape index (κ1) is 21.5. The van der Waals surface area contributed by atoms with Crippen LogP contribution in [0.5, 0.6) is 11.5 Å². The third-order valence-electron chi connectivity index (χ3n) is 6.11. The molecule has 0 saturated heterocycles. The predicted molar refractivity (Wildman–Crippen MR) is 133 cm³/mol. The molecule has 0 bridgehead atoms. The van der Waals surface area contributed by atoms with Gasteiger partial charge in [0.25, 0.3) is 0 Å². The molecule has 2 aromatic heterocycles. The van der Waals surface area contributed by atoms with Gasteiger partial charge in [-0.05, 0) is 72.7 Å². The molecule has 3 heterocycles. The van der Waals surface area contributed by atoms with E-state index in [1.54, 1.807) is 16.8 Å². The second-order valence-electron chi connectivity index (χ2n) is 8.69. The number of aromatic nitrogens is 2. The van der Waals surface area contributed by atoms with E-state index in [1.807, 2.05) is 42.6 Å². The summed E-state index contributed by atoms with van der Waals surface area (Å²) in [7, 11) is 0. The second kappa shape index (κ2) is 8.95. The number of fused-ring (bicyclic) bond motifs is 1. The maximum Gasteiger partial charge on any atom is 0.156 e. The largest absolute Gasteiger partial charge is 0.455 e. The minimum absolute atomic E-state index is 0.109. The fraction of sp³-hybridized carbons (Fsp3) is 0.231. The van der Waals surface area contributed by atoms with E-state index >= 15 is 0 Å². The van der Waals surface area contributed by atoms with E-state index in [9.17, 15) is 0 Å². The van der Waals surface area contributed by atoms with Gasteiger partial charge in [-0.3, -0.25) is 9.83 Å². The number of nitrogens with zero attached hydrogens (tertiary/aromatic N) is 3. The van der Waals surface area contributed by atoms with Crippen LogP contribution in [0.1, 0.15) is 35.4 Å². The smallest absolute Gasteiger partial charge is 0.156 e. The molecule has 34 heavy (non-hydrogen) atoms. The number of aliphatic imine (C=N–C) groups is 1. The van der Waals surface area contributed by atoms with E-state index in [4.69, 9.17) is 37.8 Å². The lowest BCUT2D eigenvalue weighted by molar-refractivity contribution is 0.0623. The molecule has 6 rings (SSSR count). The van der Waals surface area contributed by atoms with Crippen molar-refractivity contribution in [2.75, 3.05) is 6.61 Å². The molecule has 1 aliphatic heterocycles. The van der Waals surface area contributed by atoms with Crippen LogP contribution < -0.4 is 10.2 Å². The Kier molecular flexibility index (Phi) is 5.65. The van der Waals surface area contributed by atoms with E-state index in [1.165, 1.54) is 18.4 Å². The van der Waals surface area contributed by atoms with Gasteiger partial charge < -0.3 is 4.74 Å². The monoisotopic (exact) mass is 492 g/mol. The molecule has 1 aliphatic carbocycles. The molecule has 172 valence electrons. The van der Waals surface area contributed by atoms with Crippen LogP contribution in [0.4, 0.5) is 0 Å². The molecule has 1 atom stereocenters. The van der Waals surface area contributed by atoms with Gasteiger partial charge in [-0.1, -0.05) is 41.4 Å². The van der Waals surface area contributed by atoms with Crippen molar-refractivity contribution in [2.24, 2.45) is 4.99 Å². The van der Waals surface area contributed by atoms with Gasteiger partial charge in [-0.2, -0.15) is 5.10 Å². The van der Waals surface area contributed by atoms with Crippen LogP contribution >= 0.6 is 23.2 Å². The van der Waals surface area contributed by atoms with Gasteiger partial charge in [-0.25, -0.2) is 10.00 Å². The van der Waals surface area contributed by atoms with Crippen LogP contribution in [0.15, 0.2) is 72.0 Å². The van der Waals surface area contributed by atoms with E-state index in [0.717, 1.165) is 22.4 Å². The van der Waals surface area contributed by atoms with E-state index < -0.39 is 0 Å². The molecular weight excluding hydrogens is 471 g/mol. The number of nitrogens with one attached hydrogen (secondary N) is 1. The Bertz CT molecular complexity index is 1400. The van der Waals surface area contributed by atoms with Crippen molar-refractivity contribution in [1.82, 2.24) is 15.1 Å². The second-order valence-corrected chi connectivity index (χ2v) is 9.53. The van der Waals surface area contributed by atoms with E-state index in [-0.39, 0.29) is 6.04 Å². The van der Waals surface area contributed by atoms with E-state index in [2.05, 4.69) is 22.7 Å². The summed E-state index contributed by atoms with van der Waals surface area (Å²) in [5, 5.41) is 5.61. The molecule has 1 N–H and O–H groups in total. The lowest BCUT2D eigenvalue weighted by Gasteiger charge is -2.23. The van der Waals surface area contributed by atoms with Crippen molar-refractivity contribution in [2.45, 2.75) is 31.2 Å². The zero-order valence-electron chi connectivity index (χ0n) is 18.2. The summed E-state index contributed by atoms with van der Waals surface area (Å²) in [5.41, 5.74) is 7.01. The fourth-order valence-electron chi connectivity index (χ4n) is 4.21. The Hall–Kier alpha value is -3.06. The Morgan fingerprint density at radius 3 is 2.85 bits per heavy atom. The maximum atomic E-state index is 6.39. The van der Waals surface area contributed by atoms with Gasteiger partial charge in [0.1, 0.15) is 5.75 Å². The zero-order valence-corrected chi connectivity index (χ0v) is 19.8. The lowest BCUT2D eigenvalue weighted by atomic mass is 10.1. The third kappa shape index (κ3) is 4.49. The Morgan fingerprint density at radius 1 is 1.09 bits per heavy atom. The van der Waals surface area contributed by atoms with Gasteiger partial charge in [0.2, 0.25) is 0 Å². The molecule has 2 aromatic carbocycles. The van der Waals surface area contributed by atoms with Crippen LogP contribution in [-0.2, 0) is 11.3 Å². The van der Waals surface area contributed by atoms with Crippen LogP contribution in [-0.4, -0.2) is 28.1 Å². The van der Waals surface area contributed by atoms with Gasteiger partial charge in [-0.15, -0.1) is 0 Å². The molecule has 1 fully saturated rings. The molecule has 0 radical (unpaired) electrons. The average Bonchev–Trinajstić information content (AvgIpc) is 3.59. The first-order chi connectivity index (χ1) is 16.6. The summed E-state index contributed by atoms with van der Waals surface area (Å²) in [6, 6.07) is 17.6. The van der Waals surface area contributed by atoms with Crippen molar-refractivity contribution >= 4 is 34.6 Å². The molecule has 0 amide bonds. The van der Waals surface area contributed by atoms with Crippen molar-refractivity contribution in [3.05, 3.63) is 93.7 Å². The van der Waals surface area contributed by atoms with Crippen LogP contribution in [0.3, 0.4) is 0 Å². The summed E-state index contributed by atoms with van der Waals surface area (Å²) in [5.74, 6) is 2.69. The zero-order chi connectivity index (χ0) is 23.1. The molecule has 4 aromatic rings. The molecule has 6 nitrogen and oxygen atoms in total. The van der Waals surface area contributed by atoms with Crippen molar-refractivity contribution in [3.8, 4) is 11.5 Å². The average molecular weight is 493 g/mol. The Morgan fingerprint density at radius 2 is 2.00 bits per heavy atom. The summed E-state index contributed by atoms with van der Waals surface area (Å²) in [6.07, 6.45) is 6.75. The highest BCUT2D eigenvalue weighted by Gasteiger charge is 2.25. The molecule has 0 unspecified atom stereocenters. The quantitative estimate of drug-likeness (QED) is 0.347. The minimum Gasteiger partial charge on any atom is -0.455 e. The molecule has 8 heteroatoms. The first-order valence-electron chi connectivity index (χ1n) is 11.3. The number of hydrogen-bond donors (Lipinski definition) is 1. The number of amidine groups is 1. The molecular formula is C26H22Cl2N4O2. The number of pyridine rings is 1. The molecule has 2 aliphatic rings. The van der Waals surface area contributed by atoms with Gasteiger partial charge >= 0.3 is 0 Å².